The molecule has 0 aliphatic carbocycles. The zero-order valence-electron chi connectivity index (χ0n) is 21.0. The first-order valence-corrected chi connectivity index (χ1v) is 16.1. The van der Waals surface area contributed by atoms with E-state index in [1.807, 2.05) is 19.0 Å². The number of pyridine rings is 1. The van der Waals surface area contributed by atoms with Gasteiger partial charge in [-0.15, -0.1) is 0 Å². The Bertz CT molecular complexity index is 1110. The van der Waals surface area contributed by atoms with E-state index < -0.39 is 37.1 Å². The molecule has 12 heteroatoms. The van der Waals surface area contributed by atoms with Gasteiger partial charge in [0.25, 0.3) is 5.91 Å². The molecule has 3 rings (SSSR count). The number of nitrogens with one attached hydrogen (secondary N) is 1. The summed E-state index contributed by atoms with van der Waals surface area (Å²) in [6.45, 7) is 7.85. The number of ether oxygens (including phenoxy) is 1. The van der Waals surface area contributed by atoms with Crippen molar-refractivity contribution in [3.8, 4) is 5.88 Å². The van der Waals surface area contributed by atoms with Crippen LogP contribution in [0.15, 0.2) is 28.9 Å². The van der Waals surface area contributed by atoms with Crippen molar-refractivity contribution in [1.29, 1.82) is 0 Å². The number of alkyl halides is 3. The summed E-state index contributed by atoms with van der Waals surface area (Å²) in [5, 5.41) is 2.54. The van der Waals surface area contributed by atoms with Crippen LogP contribution < -0.4 is 15.0 Å². The van der Waals surface area contributed by atoms with Gasteiger partial charge >= 0.3 is 6.18 Å². The van der Waals surface area contributed by atoms with Crippen molar-refractivity contribution in [3.05, 3.63) is 45.8 Å². The fraction of sp³-hybridized carbons (Fsp3) is 0.500. The summed E-state index contributed by atoms with van der Waals surface area (Å²) in [5.74, 6) is -1.71. The lowest BCUT2D eigenvalue weighted by Gasteiger charge is -2.25. The Morgan fingerprint density at radius 2 is 1.97 bits per heavy atom. The molecule has 36 heavy (non-hydrogen) atoms. The molecule has 1 fully saturated rings. The lowest BCUT2D eigenvalue weighted by atomic mass is 10.1. The molecule has 0 radical (unpaired) electrons. The molecule has 1 aliphatic rings. The number of amides is 1. The Hall–Kier alpha value is -2.18. The van der Waals surface area contributed by atoms with Gasteiger partial charge in [0.05, 0.1) is 33.6 Å². The first kappa shape index (κ1) is 28.4. The Morgan fingerprint density at radius 1 is 1.28 bits per heavy atom. The van der Waals surface area contributed by atoms with Gasteiger partial charge in [-0.3, -0.25) is 4.79 Å². The second-order valence-electron chi connectivity index (χ2n) is 10.3. The Morgan fingerprint density at radius 3 is 2.56 bits per heavy atom. The molecule has 0 bridgehead atoms. The lowest BCUT2D eigenvalue weighted by molar-refractivity contribution is -0.138. The summed E-state index contributed by atoms with van der Waals surface area (Å²) in [5.41, 5.74) is -1.17. The molecule has 198 valence electrons. The molecule has 1 N–H and O–H groups in total. The predicted molar refractivity (Wildman–Crippen MR) is 139 cm³/mol. The van der Waals surface area contributed by atoms with Gasteiger partial charge < -0.3 is 19.9 Å². The van der Waals surface area contributed by atoms with Crippen LogP contribution in [0.4, 0.5) is 28.9 Å². The van der Waals surface area contributed by atoms with Crippen LogP contribution in [-0.2, 0) is 6.18 Å². The molecule has 1 amide bonds. The van der Waals surface area contributed by atoms with Crippen molar-refractivity contribution >= 4 is 41.3 Å². The van der Waals surface area contributed by atoms with Crippen LogP contribution in [0.1, 0.15) is 22.3 Å². The Labute approximate surface area is 218 Å². The molecule has 0 spiro atoms. The number of hydrogen-bond donors (Lipinski definition) is 1. The molecule has 2 heterocycles. The van der Waals surface area contributed by atoms with Crippen molar-refractivity contribution in [3.63, 3.8) is 0 Å². The van der Waals surface area contributed by atoms with Crippen LogP contribution in [0, 0.1) is 5.82 Å². The van der Waals surface area contributed by atoms with E-state index in [1.54, 1.807) is 0 Å². The molecule has 1 unspecified atom stereocenters. The zero-order chi connectivity index (χ0) is 26.8. The minimum atomic E-state index is -4.80. The van der Waals surface area contributed by atoms with Crippen LogP contribution in [0.3, 0.4) is 0 Å². The molecule has 1 atom stereocenters. The molecule has 2 aromatic rings. The van der Waals surface area contributed by atoms with E-state index in [0.29, 0.717) is 18.8 Å². The van der Waals surface area contributed by atoms with Crippen LogP contribution in [0.5, 0.6) is 5.88 Å². The third kappa shape index (κ3) is 7.19. The number of anilines is 2. The van der Waals surface area contributed by atoms with Gasteiger partial charge in [0.2, 0.25) is 5.88 Å². The molecular formula is C24H31BrF4N4O2Si. The topological polar surface area (TPSA) is 57.7 Å². The monoisotopic (exact) mass is 590 g/mol. The fourth-order valence-corrected chi connectivity index (χ4v) is 4.92. The molecule has 1 saturated heterocycles. The van der Waals surface area contributed by atoms with Gasteiger partial charge in [-0.05, 0) is 48.6 Å². The summed E-state index contributed by atoms with van der Waals surface area (Å²) in [6.07, 6.45) is -3.09. The van der Waals surface area contributed by atoms with E-state index in [4.69, 9.17) is 4.74 Å². The van der Waals surface area contributed by atoms with Gasteiger partial charge in [0, 0.05) is 45.5 Å². The van der Waals surface area contributed by atoms with Gasteiger partial charge in [0.1, 0.15) is 5.82 Å². The summed E-state index contributed by atoms with van der Waals surface area (Å²) < 4.78 is 61.6. The number of nitrogens with zero attached hydrogens (tertiary/aromatic N) is 3. The molecule has 1 aliphatic heterocycles. The van der Waals surface area contributed by atoms with Crippen molar-refractivity contribution < 1.29 is 27.1 Å². The van der Waals surface area contributed by atoms with Crippen LogP contribution in [0.25, 0.3) is 0 Å². The van der Waals surface area contributed by atoms with Crippen LogP contribution >= 0.6 is 15.9 Å². The van der Waals surface area contributed by atoms with E-state index in [2.05, 4.69) is 50.8 Å². The maximum Gasteiger partial charge on any atom is 0.417 e. The summed E-state index contributed by atoms with van der Waals surface area (Å²) >= 11 is 3.10. The quantitative estimate of drug-likeness (QED) is 0.297. The van der Waals surface area contributed by atoms with E-state index >= 15 is 0 Å². The van der Waals surface area contributed by atoms with E-state index in [0.717, 1.165) is 24.7 Å². The minimum Gasteiger partial charge on any atom is -0.478 e. The van der Waals surface area contributed by atoms with E-state index in [-0.39, 0.29) is 28.7 Å². The Balaban J connectivity index is 1.89. The summed E-state index contributed by atoms with van der Waals surface area (Å²) in [6, 6.07) is 4.37. The Kier molecular flexibility index (Phi) is 8.72. The lowest BCUT2D eigenvalue weighted by Crippen LogP contribution is -2.32. The highest BCUT2D eigenvalue weighted by molar-refractivity contribution is 9.10. The number of carbonyl (C=O) groups excluding carboxylic acids is 1. The highest BCUT2D eigenvalue weighted by Gasteiger charge is 2.37. The minimum absolute atomic E-state index is 0.0882. The predicted octanol–water partition coefficient (Wildman–Crippen LogP) is 6.11. The van der Waals surface area contributed by atoms with Gasteiger partial charge in [-0.2, -0.15) is 13.2 Å². The highest BCUT2D eigenvalue weighted by Crippen LogP contribution is 2.37. The standard InChI is InChI=1S/C24H31BrF4N4O2Si/c1-32(2)15-6-7-33(14-15)21-12-19(26)18(25)11-20(21)31-23(34)16-13-30-22(10-17(16)24(27,28)29)35-8-9-36(3,4)5/h10-13,15H,6-9,14H2,1-5H3,(H,31,34). The maximum absolute atomic E-state index is 14.4. The highest BCUT2D eigenvalue weighted by atomic mass is 79.9. The summed E-state index contributed by atoms with van der Waals surface area (Å²) in [4.78, 5) is 21.0. The first-order valence-electron chi connectivity index (χ1n) is 11.6. The normalized spacial score (nSPS) is 16.5. The third-order valence-electron chi connectivity index (χ3n) is 6.05. The molecule has 1 aromatic heterocycles. The summed E-state index contributed by atoms with van der Waals surface area (Å²) in [7, 11) is 2.45. The second-order valence-corrected chi connectivity index (χ2v) is 16.8. The number of hydrogen-bond acceptors (Lipinski definition) is 5. The number of carbonyl (C=O) groups is 1. The molecular weight excluding hydrogens is 560 g/mol. The van der Waals surface area contributed by atoms with Gasteiger partial charge in [0.15, 0.2) is 0 Å². The van der Waals surface area contributed by atoms with Crippen LogP contribution in [0.2, 0.25) is 25.7 Å². The van der Waals surface area contributed by atoms with Crippen molar-refractivity contribution in [2.45, 2.75) is 44.3 Å². The largest absolute Gasteiger partial charge is 0.478 e. The number of benzene rings is 1. The van der Waals surface area contributed by atoms with Crippen molar-refractivity contribution in [2.75, 3.05) is 44.0 Å². The molecule has 6 nitrogen and oxygen atoms in total. The molecule has 0 saturated carbocycles. The van der Waals surface area contributed by atoms with Crippen molar-refractivity contribution in [2.24, 2.45) is 0 Å². The second kappa shape index (κ2) is 11.1. The van der Waals surface area contributed by atoms with E-state index in [9.17, 15) is 22.4 Å². The first-order chi connectivity index (χ1) is 16.7. The zero-order valence-corrected chi connectivity index (χ0v) is 23.6. The van der Waals surface area contributed by atoms with Crippen molar-refractivity contribution in [1.82, 2.24) is 9.88 Å². The average Bonchev–Trinajstić information content (AvgIpc) is 3.25. The average molecular weight is 592 g/mol. The van der Waals surface area contributed by atoms with Gasteiger partial charge in [-0.25, -0.2) is 9.37 Å². The van der Waals surface area contributed by atoms with E-state index in [1.165, 1.54) is 12.1 Å². The van der Waals surface area contributed by atoms with Crippen LogP contribution in [-0.4, -0.2) is 63.7 Å². The number of rotatable bonds is 8. The SMILES string of the molecule is CN(C)C1CCN(c2cc(F)c(Br)cc2NC(=O)c2cnc(OCC[Si](C)(C)C)cc2C(F)(F)F)C1. The number of likely N-dealkylation sites (N-methyl/N-ethyl adjacent to an activating group) is 1. The fourth-order valence-electron chi connectivity index (χ4n) is 3.86. The maximum atomic E-state index is 14.4. The third-order valence-corrected chi connectivity index (χ3v) is 8.36. The number of halogens is 5. The number of aromatic nitrogens is 1. The smallest absolute Gasteiger partial charge is 0.417 e. The molecule has 1 aromatic carbocycles. The van der Waals surface area contributed by atoms with Gasteiger partial charge in [-0.1, -0.05) is 19.6 Å².